The molecule has 0 unspecified atom stereocenters. The largest absolute Gasteiger partial charge is 0.467 e. The molecule has 0 aromatic rings. The first-order valence-electron chi connectivity index (χ1n) is 15.9. The number of rotatable bonds is 6. The van der Waals surface area contributed by atoms with E-state index in [1.54, 1.807) is 27.7 Å². The fraction of sp³-hybridized carbons (Fsp3) is 0.750. The number of ether oxygens (including phenoxy) is 6. The second-order valence-electron chi connectivity index (χ2n) is 14.3. The number of carbonyl (C=O) groups excluding carboxylic acids is 4. The van der Waals surface area contributed by atoms with Crippen LogP contribution in [0.25, 0.3) is 0 Å². The Bertz CT molecular complexity index is 1440. The van der Waals surface area contributed by atoms with Crippen molar-refractivity contribution in [3.05, 3.63) is 23.5 Å². The van der Waals surface area contributed by atoms with Gasteiger partial charge in [0, 0.05) is 23.3 Å². The second-order valence-corrected chi connectivity index (χ2v) is 14.3. The molecule has 0 radical (unpaired) electrons. The van der Waals surface area contributed by atoms with Crippen LogP contribution in [0.3, 0.4) is 0 Å². The molecule has 0 aromatic carbocycles. The predicted molar refractivity (Wildman–Crippen MR) is 155 cm³/mol. The normalized spacial score (nSPS) is 49.1. The summed E-state index contributed by atoms with van der Waals surface area (Å²) in [7, 11) is 1.05. The Morgan fingerprint density at radius 2 is 1.73 bits per heavy atom. The summed E-state index contributed by atoms with van der Waals surface area (Å²) < 4.78 is 34.1. The van der Waals surface area contributed by atoms with Gasteiger partial charge in [-0.2, -0.15) is 0 Å². The van der Waals surface area contributed by atoms with Gasteiger partial charge < -0.3 is 59.1 Å². The second kappa shape index (κ2) is 11.8. The van der Waals surface area contributed by atoms with Gasteiger partial charge in [0.2, 0.25) is 18.0 Å². The van der Waals surface area contributed by atoms with Gasteiger partial charge >= 0.3 is 17.9 Å². The number of Topliss-reactive ketones (excluding diaryl/α,β-unsaturated/α-hetero) is 1. The average Bonchev–Trinajstić information content (AvgIpc) is 3.34. The van der Waals surface area contributed by atoms with E-state index in [2.05, 4.69) is 0 Å². The monoisotopic (exact) mass is 682 g/mol. The Morgan fingerprint density at radius 1 is 1.04 bits per heavy atom. The predicted octanol–water partition coefficient (Wildman–Crippen LogP) is -2.37. The van der Waals surface area contributed by atoms with E-state index < -0.39 is 126 Å². The van der Waals surface area contributed by atoms with Gasteiger partial charge in [0.05, 0.1) is 32.3 Å². The Hall–Kier alpha value is -2.96. The van der Waals surface area contributed by atoms with Crippen molar-refractivity contribution < 1.29 is 78.2 Å². The Morgan fingerprint density at radius 3 is 2.35 bits per heavy atom. The lowest BCUT2D eigenvalue weighted by Crippen LogP contribution is -2.79. The molecule has 3 aliphatic carbocycles. The molecule has 16 heteroatoms. The first-order valence-corrected chi connectivity index (χ1v) is 15.9. The first kappa shape index (κ1) is 34.9. The molecule has 0 aromatic heterocycles. The highest BCUT2D eigenvalue weighted by Gasteiger charge is 2.85. The van der Waals surface area contributed by atoms with Crippen LogP contribution in [0.1, 0.15) is 34.1 Å². The molecule has 6 N–H and O–H groups in total. The summed E-state index contributed by atoms with van der Waals surface area (Å²) in [5.74, 6) is -7.86. The minimum absolute atomic E-state index is 0.0457. The lowest BCUT2D eigenvalue weighted by molar-refractivity contribution is -0.296. The van der Waals surface area contributed by atoms with Gasteiger partial charge in [-0.15, -0.1) is 0 Å². The number of hydrogen-bond acceptors (Lipinski definition) is 16. The maximum Gasteiger partial charge on any atom is 0.348 e. The fourth-order valence-corrected chi connectivity index (χ4v) is 9.57. The van der Waals surface area contributed by atoms with E-state index in [1.807, 2.05) is 0 Å². The third-order valence-corrected chi connectivity index (χ3v) is 11.6. The van der Waals surface area contributed by atoms with Crippen LogP contribution in [0, 0.1) is 34.5 Å². The van der Waals surface area contributed by atoms with Crippen molar-refractivity contribution in [1.29, 1.82) is 0 Å². The molecule has 3 heterocycles. The number of carbonyl (C=O) groups is 4. The van der Waals surface area contributed by atoms with Crippen LogP contribution < -0.4 is 0 Å². The van der Waals surface area contributed by atoms with Gasteiger partial charge in [0.15, 0.2) is 11.5 Å². The smallest absolute Gasteiger partial charge is 0.348 e. The zero-order valence-corrected chi connectivity index (χ0v) is 27.0. The van der Waals surface area contributed by atoms with Gasteiger partial charge in [-0.3, -0.25) is 4.79 Å². The van der Waals surface area contributed by atoms with E-state index in [1.165, 1.54) is 6.08 Å². The van der Waals surface area contributed by atoms with Gasteiger partial charge in [-0.05, 0) is 37.7 Å². The lowest BCUT2D eigenvalue weighted by atomic mass is 9.38. The van der Waals surface area contributed by atoms with Gasteiger partial charge in [-0.1, -0.05) is 19.4 Å². The lowest BCUT2D eigenvalue weighted by Gasteiger charge is -2.67. The van der Waals surface area contributed by atoms with Crippen molar-refractivity contribution in [2.75, 3.05) is 20.3 Å². The molecular weight excluding hydrogens is 640 g/mol. The number of aliphatic hydroxyl groups is 6. The van der Waals surface area contributed by atoms with Crippen molar-refractivity contribution in [3.8, 4) is 0 Å². The van der Waals surface area contributed by atoms with E-state index in [4.69, 9.17) is 28.4 Å². The van der Waals surface area contributed by atoms with Gasteiger partial charge in [0.1, 0.15) is 36.6 Å². The topological polar surface area (TPSA) is 245 Å². The summed E-state index contributed by atoms with van der Waals surface area (Å²) >= 11 is 0. The molecule has 266 valence electrons. The minimum Gasteiger partial charge on any atom is -0.467 e. The number of ketones is 1. The number of hydrogen-bond donors (Lipinski definition) is 6. The highest BCUT2D eigenvalue weighted by atomic mass is 16.7. The van der Waals surface area contributed by atoms with Crippen molar-refractivity contribution in [2.45, 2.75) is 94.8 Å². The molecule has 3 aliphatic heterocycles. The van der Waals surface area contributed by atoms with Crippen LogP contribution in [-0.2, 0) is 47.6 Å². The summed E-state index contributed by atoms with van der Waals surface area (Å²) in [4.78, 5) is 53.9. The zero-order chi connectivity index (χ0) is 35.2. The van der Waals surface area contributed by atoms with E-state index in [-0.39, 0.29) is 18.8 Å². The molecule has 0 amide bonds. The quantitative estimate of drug-likeness (QED) is 0.0974. The highest BCUT2D eigenvalue weighted by molar-refractivity contribution is 5.97. The maximum atomic E-state index is 13.8. The fourth-order valence-electron chi connectivity index (χ4n) is 9.57. The summed E-state index contributed by atoms with van der Waals surface area (Å²) in [6.45, 7) is 5.53. The Kier molecular flexibility index (Phi) is 8.60. The van der Waals surface area contributed by atoms with Crippen LogP contribution in [0.15, 0.2) is 23.5 Å². The average molecular weight is 683 g/mol. The number of aliphatic hydroxyl groups excluding tert-OH is 6. The molecule has 48 heavy (non-hydrogen) atoms. The molecular formula is C32H42O16. The summed E-state index contributed by atoms with van der Waals surface area (Å²) in [5.41, 5.74) is -4.52. The van der Waals surface area contributed by atoms with E-state index in [9.17, 15) is 49.8 Å². The van der Waals surface area contributed by atoms with Crippen molar-refractivity contribution in [3.63, 3.8) is 0 Å². The minimum atomic E-state index is -2.34. The molecule has 1 spiro atoms. The van der Waals surface area contributed by atoms with E-state index in [0.29, 0.717) is 5.57 Å². The molecule has 16 nitrogen and oxygen atoms in total. The van der Waals surface area contributed by atoms with Crippen LogP contribution in [0.4, 0.5) is 0 Å². The molecule has 5 fully saturated rings. The molecule has 3 saturated heterocycles. The highest BCUT2D eigenvalue weighted by Crippen LogP contribution is 2.72. The van der Waals surface area contributed by atoms with E-state index >= 15 is 0 Å². The van der Waals surface area contributed by atoms with Crippen LogP contribution in [0.2, 0.25) is 0 Å². The van der Waals surface area contributed by atoms with Crippen molar-refractivity contribution in [1.82, 2.24) is 0 Å². The summed E-state index contributed by atoms with van der Waals surface area (Å²) in [5, 5.41) is 64.6. The SMILES string of the molecule is COC(=O)[C@@]12OC[C@]34[C@H]([C@@H](O)[C@@H]1O)[C@@]1(C)C=C(O[C@@H]5O[C@H](CO)[C@@H](O)[C@H](O)[C@H]5O)C(=O)[C@@H](C)[C@@H]1C[C@H]3OC(=O)[C@H](OC(=O)C=C(C)C)[C@@H]24. The molecule has 2 saturated carbocycles. The molecule has 2 bridgehead atoms. The first-order chi connectivity index (χ1) is 22.5. The number of allylic oxidation sites excluding steroid dienone is 3. The van der Waals surface area contributed by atoms with E-state index in [0.717, 1.165) is 13.2 Å². The van der Waals surface area contributed by atoms with Crippen LogP contribution >= 0.6 is 0 Å². The van der Waals surface area contributed by atoms with Crippen molar-refractivity contribution in [2.24, 2.45) is 34.5 Å². The van der Waals surface area contributed by atoms with Crippen LogP contribution in [-0.4, -0.2) is 135 Å². The Balaban J connectivity index is 1.48. The number of esters is 3. The van der Waals surface area contributed by atoms with Gasteiger partial charge in [0.25, 0.3) is 0 Å². The molecule has 6 aliphatic rings. The maximum absolute atomic E-state index is 13.8. The third kappa shape index (κ3) is 4.57. The number of fused-ring (bicyclic) bond motifs is 2. The molecule has 6 rings (SSSR count). The standard InChI is InChI=1S/C32H42O16/c1-11(2)6-17(34)48-23-25-31-10-44-32(25,29(42)43-5)26(40)22(39)24(31)30(4)8-14(18(35)12(3)13(30)7-16(31)47-27(23)41)45-28-21(38)20(37)19(36)15(9-33)46-28/h6,8,12-13,15-16,19-26,28,33,36-40H,7,9-10H2,1-5H3/t12-,13-,15+,16+,19+,20-,21+,22+,23+,24+,25+,26-,28+,30-,31+,32-/m0/s1. The molecule has 16 atom stereocenters. The Labute approximate surface area is 275 Å². The van der Waals surface area contributed by atoms with Gasteiger partial charge in [-0.25, -0.2) is 14.4 Å². The number of methoxy groups -OCH3 is 1. The van der Waals surface area contributed by atoms with Crippen molar-refractivity contribution >= 4 is 23.7 Å². The van der Waals surface area contributed by atoms with Crippen LogP contribution in [0.5, 0.6) is 0 Å². The third-order valence-electron chi connectivity index (χ3n) is 11.6. The summed E-state index contributed by atoms with van der Waals surface area (Å²) in [6, 6.07) is 0. The summed E-state index contributed by atoms with van der Waals surface area (Å²) in [6.07, 6.45) is -12.2. The zero-order valence-electron chi connectivity index (χ0n) is 27.0.